The van der Waals surface area contributed by atoms with Crippen LogP contribution in [0.5, 0.6) is 0 Å². The highest BCUT2D eigenvalue weighted by atomic mass is 16.1. The Balaban J connectivity index is 2.12. The van der Waals surface area contributed by atoms with Crippen LogP contribution in [-0.2, 0) is 11.2 Å². The third-order valence-corrected chi connectivity index (χ3v) is 2.95. The van der Waals surface area contributed by atoms with E-state index in [0.29, 0.717) is 13.0 Å². The first kappa shape index (κ1) is 12.5. The summed E-state index contributed by atoms with van der Waals surface area (Å²) in [4.78, 5) is 16.2. The first-order valence-electron chi connectivity index (χ1n) is 5.98. The van der Waals surface area contributed by atoms with Crippen molar-refractivity contribution in [1.29, 1.82) is 0 Å². The molecule has 92 valence electrons. The first-order chi connectivity index (χ1) is 8.81. The molecule has 0 radical (unpaired) electrons. The molecule has 18 heavy (non-hydrogen) atoms. The quantitative estimate of drug-likeness (QED) is 0.868. The minimum absolute atomic E-state index is 0.148. The van der Waals surface area contributed by atoms with E-state index in [-0.39, 0.29) is 11.7 Å². The topological polar surface area (TPSA) is 56.0 Å². The highest BCUT2D eigenvalue weighted by molar-refractivity contribution is 5.87. The fourth-order valence-corrected chi connectivity index (χ4v) is 1.96. The summed E-state index contributed by atoms with van der Waals surface area (Å²) in [6.45, 7) is 0.341. The SMILES string of the molecule is NCC(C(=O)Cc1ccncc1)c1ccccc1. The number of carbonyl (C=O) groups excluding carboxylic acids is 1. The number of aromatic nitrogens is 1. The second-order valence-electron chi connectivity index (χ2n) is 4.20. The van der Waals surface area contributed by atoms with Crippen molar-refractivity contribution >= 4 is 5.78 Å². The molecular formula is C15H16N2O. The van der Waals surface area contributed by atoms with Gasteiger partial charge >= 0.3 is 0 Å². The van der Waals surface area contributed by atoms with Crippen LogP contribution in [0, 0.1) is 0 Å². The Hall–Kier alpha value is -2.00. The van der Waals surface area contributed by atoms with Crippen molar-refractivity contribution in [1.82, 2.24) is 4.98 Å². The minimum Gasteiger partial charge on any atom is -0.329 e. The second-order valence-corrected chi connectivity index (χ2v) is 4.20. The molecule has 3 heteroatoms. The largest absolute Gasteiger partial charge is 0.329 e. The van der Waals surface area contributed by atoms with Crippen molar-refractivity contribution in [2.75, 3.05) is 6.54 Å². The van der Waals surface area contributed by atoms with Gasteiger partial charge in [0.2, 0.25) is 0 Å². The fourth-order valence-electron chi connectivity index (χ4n) is 1.96. The normalized spacial score (nSPS) is 12.1. The van der Waals surface area contributed by atoms with E-state index in [4.69, 9.17) is 5.73 Å². The zero-order valence-electron chi connectivity index (χ0n) is 10.1. The van der Waals surface area contributed by atoms with Crippen LogP contribution >= 0.6 is 0 Å². The Morgan fingerprint density at radius 1 is 1.11 bits per heavy atom. The van der Waals surface area contributed by atoms with E-state index < -0.39 is 0 Å². The van der Waals surface area contributed by atoms with Gasteiger partial charge in [0.1, 0.15) is 5.78 Å². The lowest BCUT2D eigenvalue weighted by atomic mass is 9.91. The molecular weight excluding hydrogens is 224 g/mol. The molecule has 0 aliphatic heterocycles. The molecule has 3 nitrogen and oxygen atoms in total. The van der Waals surface area contributed by atoms with Gasteiger partial charge < -0.3 is 5.73 Å². The molecule has 0 saturated carbocycles. The number of ketones is 1. The van der Waals surface area contributed by atoms with Gasteiger partial charge in [0.25, 0.3) is 0 Å². The molecule has 0 fully saturated rings. The van der Waals surface area contributed by atoms with Gasteiger partial charge in [-0.1, -0.05) is 30.3 Å². The molecule has 0 bridgehead atoms. The molecule has 2 aromatic rings. The van der Waals surface area contributed by atoms with Crippen LogP contribution in [0.3, 0.4) is 0 Å². The summed E-state index contributed by atoms with van der Waals surface area (Å²) in [5.41, 5.74) is 7.69. The van der Waals surface area contributed by atoms with Crippen LogP contribution in [0.2, 0.25) is 0 Å². The Labute approximate surface area is 107 Å². The van der Waals surface area contributed by atoms with Gasteiger partial charge in [0.05, 0.1) is 5.92 Å². The molecule has 1 aromatic carbocycles. The average Bonchev–Trinajstić information content (AvgIpc) is 2.42. The number of hydrogen-bond donors (Lipinski definition) is 1. The van der Waals surface area contributed by atoms with Crippen molar-refractivity contribution in [3.05, 3.63) is 66.0 Å². The van der Waals surface area contributed by atoms with Crippen LogP contribution in [0.15, 0.2) is 54.9 Å². The molecule has 0 spiro atoms. The number of carbonyl (C=O) groups is 1. The highest BCUT2D eigenvalue weighted by Crippen LogP contribution is 2.17. The van der Waals surface area contributed by atoms with Crippen molar-refractivity contribution < 1.29 is 4.79 Å². The van der Waals surface area contributed by atoms with Crippen molar-refractivity contribution in [2.45, 2.75) is 12.3 Å². The Kier molecular flexibility index (Phi) is 4.20. The van der Waals surface area contributed by atoms with Gasteiger partial charge in [-0.2, -0.15) is 0 Å². The number of pyridine rings is 1. The summed E-state index contributed by atoms with van der Waals surface area (Å²) in [5.74, 6) is -0.0748. The van der Waals surface area contributed by atoms with E-state index in [9.17, 15) is 4.79 Å². The lowest BCUT2D eigenvalue weighted by Crippen LogP contribution is -2.23. The number of hydrogen-bond acceptors (Lipinski definition) is 3. The lowest BCUT2D eigenvalue weighted by Gasteiger charge is -2.13. The molecule has 1 atom stereocenters. The Morgan fingerprint density at radius 3 is 2.39 bits per heavy atom. The Morgan fingerprint density at radius 2 is 1.78 bits per heavy atom. The smallest absolute Gasteiger partial charge is 0.145 e. The summed E-state index contributed by atoms with van der Waals surface area (Å²) in [7, 11) is 0. The van der Waals surface area contributed by atoms with E-state index in [1.54, 1.807) is 12.4 Å². The van der Waals surface area contributed by atoms with E-state index in [0.717, 1.165) is 11.1 Å². The van der Waals surface area contributed by atoms with Gasteiger partial charge in [-0.25, -0.2) is 0 Å². The molecule has 2 rings (SSSR count). The van der Waals surface area contributed by atoms with Crippen LogP contribution in [-0.4, -0.2) is 17.3 Å². The molecule has 1 heterocycles. The number of benzene rings is 1. The Bertz CT molecular complexity index is 496. The summed E-state index contributed by atoms with van der Waals surface area (Å²) >= 11 is 0. The van der Waals surface area contributed by atoms with Crippen LogP contribution in [0.1, 0.15) is 17.0 Å². The molecule has 0 saturated heterocycles. The zero-order valence-corrected chi connectivity index (χ0v) is 10.1. The van der Waals surface area contributed by atoms with Gasteiger partial charge in [0, 0.05) is 25.4 Å². The summed E-state index contributed by atoms with van der Waals surface area (Å²) in [6, 6.07) is 13.4. The summed E-state index contributed by atoms with van der Waals surface area (Å²) < 4.78 is 0. The maximum atomic E-state index is 12.2. The van der Waals surface area contributed by atoms with E-state index in [1.165, 1.54) is 0 Å². The first-order valence-corrected chi connectivity index (χ1v) is 5.98. The summed E-state index contributed by atoms with van der Waals surface area (Å²) in [6.07, 6.45) is 3.80. The summed E-state index contributed by atoms with van der Waals surface area (Å²) in [5, 5.41) is 0. The van der Waals surface area contributed by atoms with Crippen LogP contribution in [0.4, 0.5) is 0 Å². The molecule has 0 amide bonds. The van der Waals surface area contributed by atoms with Gasteiger partial charge in [0.15, 0.2) is 0 Å². The molecule has 0 aliphatic rings. The van der Waals surface area contributed by atoms with E-state index in [2.05, 4.69) is 4.98 Å². The zero-order chi connectivity index (χ0) is 12.8. The maximum Gasteiger partial charge on any atom is 0.145 e. The van der Waals surface area contributed by atoms with E-state index >= 15 is 0 Å². The van der Waals surface area contributed by atoms with Crippen LogP contribution in [0.25, 0.3) is 0 Å². The third kappa shape index (κ3) is 3.02. The predicted octanol–water partition coefficient (Wildman–Crippen LogP) is 1.94. The monoisotopic (exact) mass is 240 g/mol. The van der Waals surface area contributed by atoms with Gasteiger partial charge in [-0.15, -0.1) is 0 Å². The number of nitrogens with two attached hydrogens (primary N) is 1. The molecule has 0 aliphatic carbocycles. The van der Waals surface area contributed by atoms with Gasteiger partial charge in [-0.3, -0.25) is 9.78 Å². The second kappa shape index (κ2) is 6.07. The van der Waals surface area contributed by atoms with Crippen molar-refractivity contribution in [3.63, 3.8) is 0 Å². The standard InChI is InChI=1S/C15H16N2O/c16-11-14(13-4-2-1-3-5-13)15(18)10-12-6-8-17-9-7-12/h1-9,14H,10-11,16H2. The number of Topliss-reactive ketones (excluding diaryl/α,β-unsaturated/α-hetero) is 1. The highest BCUT2D eigenvalue weighted by Gasteiger charge is 2.18. The van der Waals surface area contributed by atoms with Crippen LogP contribution < -0.4 is 5.73 Å². The predicted molar refractivity (Wildman–Crippen MR) is 71.2 cm³/mol. The molecule has 2 N–H and O–H groups in total. The maximum absolute atomic E-state index is 12.2. The third-order valence-electron chi connectivity index (χ3n) is 2.95. The average molecular weight is 240 g/mol. The van der Waals surface area contributed by atoms with Crippen molar-refractivity contribution in [3.8, 4) is 0 Å². The lowest BCUT2D eigenvalue weighted by molar-refractivity contribution is -0.119. The van der Waals surface area contributed by atoms with Crippen molar-refractivity contribution in [2.24, 2.45) is 5.73 Å². The minimum atomic E-state index is -0.223. The number of nitrogens with zero attached hydrogens (tertiary/aromatic N) is 1. The molecule has 1 aromatic heterocycles. The van der Waals surface area contributed by atoms with Gasteiger partial charge in [-0.05, 0) is 23.3 Å². The molecule has 1 unspecified atom stereocenters. The number of rotatable bonds is 5. The van der Waals surface area contributed by atoms with E-state index in [1.807, 2.05) is 42.5 Å². The fraction of sp³-hybridized carbons (Fsp3) is 0.200.